The van der Waals surface area contributed by atoms with Gasteiger partial charge in [0.25, 0.3) is 0 Å². The van der Waals surface area contributed by atoms with Crippen molar-refractivity contribution >= 4 is 40.3 Å². The highest BCUT2D eigenvalue weighted by atomic mass is 32.1. The van der Waals surface area contributed by atoms with Gasteiger partial charge in [-0.15, -0.1) is 11.3 Å². The largest absolute Gasteiger partial charge is 0.427 e. The summed E-state index contributed by atoms with van der Waals surface area (Å²) >= 11 is 0.303. The monoisotopic (exact) mass is 443 g/mol. The summed E-state index contributed by atoms with van der Waals surface area (Å²) in [6, 6.07) is 6.21. The van der Waals surface area contributed by atoms with Crippen LogP contribution in [0.15, 0.2) is 48.9 Å². The van der Waals surface area contributed by atoms with Crippen LogP contribution < -0.4 is 5.73 Å². The fraction of sp³-hybridized carbons (Fsp3) is 0.0500. The standard InChI is InChI=1S/C20H12F3N5O2S/c21-20(22,23)14-9-27-19(31-14)17(30)11-3-1-10(2-4-11)13-8-26-18-16(28-13)12(7-25-18)5-6-15(24)29/h1-9H,(H2,24,29)(H,25,26)/b6-5+. The third-order valence-corrected chi connectivity index (χ3v) is 5.30. The van der Waals surface area contributed by atoms with Crippen LogP contribution in [-0.4, -0.2) is 31.6 Å². The first kappa shape index (κ1) is 20.4. The zero-order valence-corrected chi connectivity index (χ0v) is 16.3. The molecule has 0 aliphatic rings. The molecule has 3 aromatic heterocycles. The number of primary amides is 1. The molecule has 3 heterocycles. The molecular weight excluding hydrogens is 431 g/mol. The maximum Gasteiger partial charge on any atom is 0.427 e. The molecule has 31 heavy (non-hydrogen) atoms. The van der Waals surface area contributed by atoms with Gasteiger partial charge in [0.05, 0.1) is 18.1 Å². The number of carbonyl (C=O) groups excluding carboxylic acids is 2. The molecule has 4 aromatic rings. The van der Waals surface area contributed by atoms with Crippen LogP contribution in [-0.2, 0) is 11.0 Å². The maximum absolute atomic E-state index is 12.7. The predicted molar refractivity (Wildman–Crippen MR) is 108 cm³/mol. The molecule has 0 bridgehead atoms. The maximum atomic E-state index is 12.7. The Hall–Kier alpha value is -3.86. The number of ketones is 1. The van der Waals surface area contributed by atoms with Crippen molar-refractivity contribution in [1.82, 2.24) is 19.9 Å². The fourth-order valence-electron chi connectivity index (χ4n) is 2.77. The number of amides is 1. The van der Waals surface area contributed by atoms with Gasteiger partial charge in [0.15, 0.2) is 10.7 Å². The zero-order valence-electron chi connectivity index (χ0n) is 15.5. The van der Waals surface area contributed by atoms with Crippen molar-refractivity contribution in [3.63, 3.8) is 0 Å². The average Bonchev–Trinajstić information content (AvgIpc) is 3.39. The van der Waals surface area contributed by atoms with Crippen molar-refractivity contribution in [3.8, 4) is 11.3 Å². The Balaban J connectivity index is 1.61. The number of nitrogens with two attached hydrogens (primary N) is 1. The molecule has 1 amide bonds. The van der Waals surface area contributed by atoms with E-state index in [0.717, 1.165) is 0 Å². The lowest BCUT2D eigenvalue weighted by Crippen LogP contribution is -2.05. The number of nitrogens with one attached hydrogen (secondary N) is 1. The normalized spacial score (nSPS) is 12.0. The van der Waals surface area contributed by atoms with Crippen LogP contribution in [0, 0.1) is 0 Å². The van der Waals surface area contributed by atoms with Crippen LogP contribution in [0.25, 0.3) is 28.5 Å². The number of halogens is 3. The molecular formula is C20H12F3N5O2S. The van der Waals surface area contributed by atoms with E-state index in [1.54, 1.807) is 18.3 Å². The molecule has 0 spiro atoms. The lowest BCUT2D eigenvalue weighted by molar-refractivity contribution is -0.134. The highest BCUT2D eigenvalue weighted by Crippen LogP contribution is 2.34. The van der Waals surface area contributed by atoms with Crippen LogP contribution in [0.2, 0.25) is 0 Å². The van der Waals surface area contributed by atoms with Crippen LogP contribution in [0.5, 0.6) is 0 Å². The number of hydrogen-bond acceptors (Lipinski definition) is 6. The molecule has 11 heteroatoms. The number of rotatable bonds is 5. The number of thiazole rings is 1. The van der Waals surface area contributed by atoms with E-state index in [0.29, 0.717) is 45.5 Å². The highest BCUT2D eigenvalue weighted by molar-refractivity contribution is 7.13. The van der Waals surface area contributed by atoms with E-state index in [1.807, 2.05) is 0 Å². The molecule has 7 nitrogen and oxygen atoms in total. The number of H-pyrrole nitrogens is 1. The number of nitrogens with zero attached hydrogens (tertiary/aromatic N) is 3. The van der Waals surface area contributed by atoms with Gasteiger partial charge < -0.3 is 10.7 Å². The minimum absolute atomic E-state index is 0.201. The van der Waals surface area contributed by atoms with Crippen LogP contribution >= 0.6 is 11.3 Å². The highest BCUT2D eigenvalue weighted by Gasteiger charge is 2.34. The first-order chi connectivity index (χ1) is 14.7. The van der Waals surface area contributed by atoms with Gasteiger partial charge >= 0.3 is 6.18 Å². The number of aromatic amines is 1. The van der Waals surface area contributed by atoms with Gasteiger partial charge in [0.2, 0.25) is 11.7 Å². The molecule has 1 aromatic carbocycles. The Morgan fingerprint density at radius 2 is 1.84 bits per heavy atom. The van der Waals surface area contributed by atoms with E-state index in [1.165, 1.54) is 30.5 Å². The molecule has 0 radical (unpaired) electrons. The fourth-order valence-corrected chi connectivity index (χ4v) is 3.52. The molecule has 0 aliphatic heterocycles. The van der Waals surface area contributed by atoms with Crippen molar-refractivity contribution in [2.24, 2.45) is 5.73 Å². The van der Waals surface area contributed by atoms with E-state index in [4.69, 9.17) is 5.73 Å². The molecule has 0 fully saturated rings. The summed E-state index contributed by atoms with van der Waals surface area (Å²) in [5.74, 6) is -1.19. The molecule has 0 atom stereocenters. The van der Waals surface area contributed by atoms with Crippen molar-refractivity contribution in [2.75, 3.05) is 0 Å². The minimum atomic E-state index is -4.54. The first-order valence-corrected chi connectivity index (χ1v) is 9.54. The summed E-state index contributed by atoms with van der Waals surface area (Å²) in [6.07, 6.45) is 2.01. The van der Waals surface area contributed by atoms with E-state index in [-0.39, 0.29) is 10.6 Å². The summed E-state index contributed by atoms with van der Waals surface area (Å²) < 4.78 is 38.2. The van der Waals surface area contributed by atoms with Gasteiger partial charge in [-0.25, -0.2) is 15.0 Å². The lowest BCUT2D eigenvalue weighted by Gasteiger charge is -2.03. The average molecular weight is 443 g/mol. The zero-order chi connectivity index (χ0) is 22.2. The Morgan fingerprint density at radius 1 is 1.10 bits per heavy atom. The summed E-state index contributed by atoms with van der Waals surface area (Å²) in [7, 11) is 0. The van der Waals surface area contributed by atoms with Gasteiger partial charge in [0, 0.05) is 29.0 Å². The van der Waals surface area contributed by atoms with E-state index < -0.39 is 22.7 Å². The second-order valence-electron chi connectivity index (χ2n) is 6.37. The lowest BCUT2D eigenvalue weighted by atomic mass is 10.1. The predicted octanol–water partition coefficient (Wildman–Crippen LogP) is 3.83. The van der Waals surface area contributed by atoms with Gasteiger partial charge in [-0.2, -0.15) is 13.2 Å². The molecule has 0 aliphatic carbocycles. The quantitative estimate of drug-likeness (QED) is 0.359. The van der Waals surface area contributed by atoms with Crippen molar-refractivity contribution in [1.29, 1.82) is 0 Å². The molecule has 3 N–H and O–H groups in total. The number of alkyl halides is 3. The Labute approximate surface area is 176 Å². The van der Waals surface area contributed by atoms with Crippen molar-refractivity contribution < 1.29 is 22.8 Å². The third-order valence-electron chi connectivity index (χ3n) is 4.26. The SMILES string of the molecule is NC(=O)/C=C/c1c[nH]c2ncc(-c3ccc(C(=O)c4ncc(C(F)(F)F)s4)cc3)nc12. The molecule has 4 rings (SSSR count). The van der Waals surface area contributed by atoms with Crippen LogP contribution in [0.4, 0.5) is 13.2 Å². The van der Waals surface area contributed by atoms with Crippen molar-refractivity contribution in [2.45, 2.75) is 6.18 Å². The molecule has 0 saturated carbocycles. The minimum Gasteiger partial charge on any atom is -0.366 e. The summed E-state index contributed by atoms with van der Waals surface area (Å²) in [4.78, 5) is 37.8. The first-order valence-electron chi connectivity index (χ1n) is 8.72. The smallest absolute Gasteiger partial charge is 0.366 e. The van der Waals surface area contributed by atoms with E-state index in [2.05, 4.69) is 19.9 Å². The van der Waals surface area contributed by atoms with Crippen LogP contribution in [0.3, 0.4) is 0 Å². The number of hydrogen-bond donors (Lipinski definition) is 2. The third kappa shape index (κ3) is 4.21. The number of aromatic nitrogens is 4. The number of fused-ring (bicyclic) bond motifs is 1. The number of carbonyl (C=O) groups is 2. The molecule has 0 saturated heterocycles. The molecule has 0 unspecified atom stereocenters. The van der Waals surface area contributed by atoms with Crippen molar-refractivity contribution in [3.05, 3.63) is 69.9 Å². The van der Waals surface area contributed by atoms with Gasteiger partial charge in [-0.3, -0.25) is 9.59 Å². The van der Waals surface area contributed by atoms with E-state index in [9.17, 15) is 22.8 Å². The van der Waals surface area contributed by atoms with Gasteiger partial charge in [-0.05, 0) is 6.08 Å². The summed E-state index contributed by atoms with van der Waals surface area (Å²) in [5, 5.41) is -0.237. The number of benzene rings is 1. The topological polar surface area (TPSA) is 115 Å². The Bertz CT molecular complexity index is 1320. The van der Waals surface area contributed by atoms with Gasteiger partial charge in [-0.1, -0.05) is 24.3 Å². The van der Waals surface area contributed by atoms with E-state index >= 15 is 0 Å². The van der Waals surface area contributed by atoms with Crippen LogP contribution in [0.1, 0.15) is 25.8 Å². The Kier molecular flexibility index (Phi) is 5.11. The van der Waals surface area contributed by atoms with Gasteiger partial charge in [0.1, 0.15) is 10.4 Å². The second kappa shape index (κ2) is 7.76. The second-order valence-corrected chi connectivity index (χ2v) is 7.40. The summed E-state index contributed by atoms with van der Waals surface area (Å²) in [5.41, 5.74) is 8.14. The molecule has 156 valence electrons. The summed E-state index contributed by atoms with van der Waals surface area (Å²) in [6.45, 7) is 0. The Morgan fingerprint density at radius 3 is 2.48 bits per heavy atom.